The SMILES string of the molecule is Cc1cc2c(N3CCN(C)c4cc(-c5cnn(C)c5)ncc43)cc(C3CCOCC3)cc2n(C)c1=O. The molecule has 0 radical (unpaired) electrons. The number of pyridine rings is 2. The molecule has 8 heteroatoms. The Morgan fingerprint density at radius 2 is 1.75 bits per heavy atom. The molecule has 8 nitrogen and oxygen atoms in total. The van der Waals surface area contributed by atoms with Crippen LogP contribution >= 0.6 is 0 Å². The molecular formula is C28H32N6O2. The smallest absolute Gasteiger partial charge is 0.253 e. The Kier molecular flexibility index (Phi) is 5.56. The van der Waals surface area contributed by atoms with Crippen LogP contribution in [-0.2, 0) is 18.8 Å². The molecule has 2 aliphatic heterocycles. The van der Waals surface area contributed by atoms with Crippen molar-refractivity contribution in [3.8, 4) is 11.3 Å². The maximum Gasteiger partial charge on any atom is 0.253 e. The van der Waals surface area contributed by atoms with Gasteiger partial charge in [-0.25, -0.2) is 0 Å². The van der Waals surface area contributed by atoms with Gasteiger partial charge in [0.2, 0.25) is 0 Å². The number of aryl methyl sites for hydroxylation is 3. The summed E-state index contributed by atoms with van der Waals surface area (Å²) in [5, 5.41) is 5.41. The van der Waals surface area contributed by atoms with E-state index < -0.39 is 0 Å². The number of nitrogens with zero attached hydrogens (tertiary/aromatic N) is 6. The van der Waals surface area contributed by atoms with Crippen LogP contribution in [-0.4, -0.2) is 52.7 Å². The molecule has 0 N–H and O–H groups in total. The first-order chi connectivity index (χ1) is 17.4. The molecule has 4 aromatic rings. The van der Waals surface area contributed by atoms with Crippen LogP contribution in [0.4, 0.5) is 17.1 Å². The van der Waals surface area contributed by atoms with Gasteiger partial charge in [-0.15, -0.1) is 0 Å². The lowest BCUT2D eigenvalue weighted by Gasteiger charge is -2.38. The molecule has 0 unspecified atom stereocenters. The minimum Gasteiger partial charge on any atom is -0.381 e. The minimum absolute atomic E-state index is 0.0548. The fourth-order valence-corrected chi connectivity index (χ4v) is 5.62. The number of ether oxygens (including phenoxy) is 1. The summed E-state index contributed by atoms with van der Waals surface area (Å²) in [7, 11) is 5.93. The Bertz CT molecular complexity index is 1510. The maximum absolute atomic E-state index is 12.9. The zero-order valence-corrected chi connectivity index (χ0v) is 21.4. The molecule has 1 saturated heterocycles. The lowest BCUT2D eigenvalue weighted by Crippen LogP contribution is -2.37. The van der Waals surface area contributed by atoms with Crippen molar-refractivity contribution >= 4 is 28.0 Å². The summed E-state index contributed by atoms with van der Waals surface area (Å²) in [6.45, 7) is 5.19. The largest absolute Gasteiger partial charge is 0.381 e. The summed E-state index contributed by atoms with van der Waals surface area (Å²) in [5.74, 6) is 0.427. The molecule has 1 fully saturated rings. The number of rotatable bonds is 3. The molecule has 0 spiro atoms. The molecule has 36 heavy (non-hydrogen) atoms. The molecule has 0 aliphatic carbocycles. The van der Waals surface area contributed by atoms with Gasteiger partial charge in [0.15, 0.2) is 0 Å². The zero-order valence-electron chi connectivity index (χ0n) is 21.4. The van der Waals surface area contributed by atoms with Crippen molar-refractivity contribution in [3.05, 3.63) is 64.3 Å². The van der Waals surface area contributed by atoms with Gasteiger partial charge in [0.1, 0.15) is 0 Å². The number of aromatic nitrogens is 4. The molecule has 3 aromatic heterocycles. The van der Waals surface area contributed by atoms with Crippen molar-refractivity contribution in [1.82, 2.24) is 19.3 Å². The third kappa shape index (κ3) is 3.76. The first-order valence-electron chi connectivity index (χ1n) is 12.6. The van der Waals surface area contributed by atoms with Gasteiger partial charge in [0.25, 0.3) is 5.56 Å². The van der Waals surface area contributed by atoms with Crippen molar-refractivity contribution in [2.75, 3.05) is 43.2 Å². The highest BCUT2D eigenvalue weighted by atomic mass is 16.5. The van der Waals surface area contributed by atoms with Gasteiger partial charge in [-0.1, -0.05) is 0 Å². The van der Waals surface area contributed by atoms with Crippen molar-refractivity contribution in [2.45, 2.75) is 25.7 Å². The number of benzene rings is 1. The first kappa shape index (κ1) is 22.8. The van der Waals surface area contributed by atoms with Crippen LogP contribution in [0.2, 0.25) is 0 Å². The summed E-state index contributed by atoms with van der Waals surface area (Å²) in [6, 6.07) is 8.77. The molecule has 0 atom stereocenters. The first-order valence-corrected chi connectivity index (χ1v) is 12.6. The lowest BCUT2D eigenvalue weighted by molar-refractivity contribution is 0.0853. The molecule has 6 rings (SSSR count). The summed E-state index contributed by atoms with van der Waals surface area (Å²) in [4.78, 5) is 22.4. The Labute approximate surface area is 210 Å². The summed E-state index contributed by atoms with van der Waals surface area (Å²) in [6.07, 6.45) is 7.82. The van der Waals surface area contributed by atoms with Crippen LogP contribution in [0.15, 0.2) is 47.7 Å². The van der Waals surface area contributed by atoms with Gasteiger partial charge < -0.3 is 19.1 Å². The van der Waals surface area contributed by atoms with Crippen molar-refractivity contribution in [3.63, 3.8) is 0 Å². The van der Waals surface area contributed by atoms with Crippen LogP contribution < -0.4 is 15.4 Å². The van der Waals surface area contributed by atoms with E-state index in [0.29, 0.717) is 5.92 Å². The second kappa shape index (κ2) is 8.78. The van der Waals surface area contributed by atoms with E-state index in [1.165, 1.54) is 5.56 Å². The highest BCUT2D eigenvalue weighted by Gasteiger charge is 2.27. The highest BCUT2D eigenvalue weighted by molar-refractivity contribution is 5.97. The predicted octanol–water partition coefficient (Wildman–Crippen LogP) is 4.12. The fourth-order valence-electron chi connectivity index (χ4n) is 5.62. The van der Waals surface area contributed by atoms with Gasteiger partial charge in [-0.05, 0) is 55.5 Å². The minimum atomic E-state index is 0.0548. The van der Waals surface area contributed by atoms with Crippen molar-refractivity contribution < 1.29 is 4.74 Å². The van der Waals surface area contributed by atoms with Gasteiger partial charge in [0, 0.05) is 70.2 Å². The van der Waals surface area contributed by atoms with Gasteiger partial charge in [-0.3, -0.25) is 14.5 Å². The number of likely N-dealkylation sites (N-methyl/N-ethyl adjacent to an activating group) is 1. The van der Waals surface area contributed by atoms with Gasteiger partial charge in [0.05, 0.1) is 40.7 Å². The topological polar surface area (TPSA) is 68.4 Å². The van der Waals surface area contributed by atoms with E-state index >= 15 is 0 Å². The third-order valence-electron chi connectivity index (χ3n) is 7.73. The van der Waals surface area contributed by atoms with E-state index in [-0.39, 0.29) is 5.56 Å². The molecule has 1 aromatic carbocycles. The fraction of sp³-hybridized carbons (Fsp3) is 0.393. The molecular weight excluding hydrogens is 452 g/mol. The number of fused-ring (bicyclic) bond motifs is 2. The number of hydrogen-bond acceptors (Lipinski definition) is 6. The average molecular weight is 485 g/mol. The van der Waals surface area contributed by atoms with Gasteiger partial charge in [-0.2, -0.15) is 5.10 Å². The van der Waals surface area contributed by atoms with Crippen molar-refractivity contribution in [1.29, 1.82) is 0 Å². The molecule has 0 bridgehead atoms. The second-order valence-electron chi connectivity index (χ2n) is 10.1. The predicted molar refractivity (Wildman–Crippen MR) is 143 cm³/mol. The number of hydrogen-bond donors (Lipinski definition) is 0. The van der Waals surface area contributed by atoms with Crippen molar-refractivity contribution in [2.24, 2.45) is 14.1 Å². The lowest BCUT2D eigenvalue weighted by atomic mass is 9.90. The average Bonchev–Trinajstić information content (AvgIpc) is 3.34. The Balaban J connectivity index is 1.54. The quantitative estimate of drug-likeness (QED) is 0.436. The van der Waals surface area contributed by atoms with E-state index in [0.717, 1.165) is 83.9 Å². The molecule has 5 heterocycles. The van der Waals surface area contributed by atoms with E-state index in [1.807, 2.05) is 39.6 Å². The van der Waals surface area contributed by atoms with E-state index in [4.69, 9.17) is 9.72 Å². The van der Waals surface area contributed by atoms with E-state index in [2.05, 4.69) is 46.2 Å². The third-order valence-corrected chi connectivity index (χ3v) is 7.73. The highest BCUT2D eigenvalue weighted by Crippen LogP contribution is 2.43. The zero-order chi connectivity index (χ0) is 25.0. The van der Waals surface area contributed by atoms with Crippen LogP contribution in [0.1, 0.15) is 29.9 Å². The van der Waals surface area contributed by atoms with Gasteiger partial charge >= 0.3 is 0 Å². The van der Waals surface area contributed by atoms with Crippen LogP contribution in [0.25, 0.3) is 22.2 Å². The standard InChI is InChI=1S/C28H32N6O2/c1-18-11-22-24(33(4)28(18)35)12-20(19-5-9-36-10-6-19)13-25(22)34-8-7-31(2)26-14-23(29-16-27(26)34)21-15-30-32(3)17-21/h11-17,19H,5-10H2,1-4H3. The number of anilines is 3. The Morgan fingerprint density at radius 3 is 2.50 bits per heavy atom. The van der Waals surface area contributed by atoms with E-state index in [9.17, 15) is 4.79 Å². The molecule has 0 amide bonds. The summed E-state index contributed by atoms with van der Waals surface area (Å²) >= 11 is 0. The summed E-state index contributed by atoms with van der Waals surface area (Å²) in [5.41, 5.74) is 8.33. The monoisotopic (exact) mass is 484 g/mol. The normalized spacial score (nSPS) is 16.6. The molecule has 186 valence electrons. The van der Waals surface area contributed by atoms with Crippen LogP contribution in [0, 0.1) is 6.92 Å². The van der Waals surface area contributed by atoms with E-state index in [1.54, 1.807) is 9.25 Å². The Morgan fingerprint density at radius 1 is 0.944 bits per heavy atom. The summed E-state index contributed by atoms with van der Waals surface area (Å²) < 4.78 is 9.24. The maximum atomic E-state index is 12.9. The molecule has 2 aliphatic rings. The van der Waals surface area contributed by atoms with Crippen LogP contribution in [0.3, 0.4) is 0 Å². The second-order valence-corrected chi connectivity index (χ2v) is 10.1. The Hall–Kier alpha value is -3.65. The molecule has 0 saturated carbocycles. The van der Waals surface area contributed by atoms with Crippen LogP contribution in [0.5, 0.6) is 0 Å².